The molecule has 1 saturated heterocycles. The molecule has 1 fully saturated rings. The molecule has 7 nitrogen and oxygen atoms in total. The average molecular weight is 459 g/mol. The first-order chi connectivity index (χ1) is 15.0. The van der Waals surface area contributed by atoms with E-state index in [0.29, 0.717) is 43.4 Å². The first-order valence-electron chi connectivity index (χ1n) is 9.80. The van der Waals surface area contributed by atoms with E-state index in [1.54, 1.807) is 36.4 Å². The smallest absolute Gasteiger partial charge is 0.252 e. The molecule has 2 aromatic carbocycles. The van der Waals surface area contributed by atoms with Crippen molar-refractivity contribution in [3.8, 4) is 11.5 Å². The summed E-state index contributed by atoms with van der Waals surface area (Å²) in [4.78, 5) is 13.3. The molecule has 1 N–H and O–H groups in total. The molecule has 0 unspecified atom stereocenters. The highest BCUT2D eigenvalue weighted by Gasteiger charge is 2.27. The number of morpholine rings is 1. The van der Waals surface area contributed by atoms with E-state index in [2.05, 4.69) is 5.32 Å². The van der Waals surface area contributed by atoms with Gasteiger partial charge in [0.2, 0.25) is 0 Å². The SMILES string of the molecule is O=C(NCc1ccc(S(=O)(=O)N2CCOCC2)s1)c1cccc(Oc2ccccc2)c1. The van der Waals surface area contributed by atoms with Gasteiger partial charge in [-0.05, 0) is 42.5 Å². The molecule has 3 aromatic rings. The minimum Gasteiger partial charge on any atom is -0.457 e. The zero-order valence-corrected chi connectivity index (χ0v) is 18.3. The monoisotopic (exact) mass is 458 g/mol. The van der Waals surface area contributed by atoms with Crippen LogP contribution >= 0.6 is 11.3 Å². The number of benzene rings is 2. The van der Waals surface area contributed by atoms with Crippen LogP contribution in [0.5, 0.6) is 11.5 Å². The summed E-state index contributed by atoms with van der Waals surface area (Å²) in [5.74, 6) is 0.992. The summed E-state index contributed by atoms with van der Waals surface area (Å²) in [6, 6.07) is 19.6. The topological polar surface area (TPSA) is 84.9 Å². The van der Waals surface area contributed by atoms with E-state index in [-0.39, 0.29) is 16.7 Å². The van der Waals surface area contributed by atoms with E-state index in [9.17, 15) is 13.2 Å². The molecule has 0 atom stereocenters. The third-order valence-electron chi connectivity index (χ3n) is 4.70. The highest BCUT2D eigenvalue weighted by molar-refractivity contribution is 7.91. The van der Waals surface area contributed by atoms with Gasteiger partial charge in [-0.25, -0.2) is 8.42 Å². The van der Waals surface area contributed by atoms with Crippen molar-refractivity contribution in [2.24, 2.45) is 0 Å². The zero-order chi connectivity index (χ0) is 21.7. The van der Waals surface area contributed by atoms with Crippen LogP contribution in [0.25, 0.3) is 0 Å². The maximum absolute atomic E-state index is 12.7. The van der Waals surface area contributed by atoms with Gasteiger partial charge in [-0.3, -0.25) is 4.79 Å². The third kappa shape index (κ3) is 5.31. The van der Waals surface area contributed by atoms with Gasteiger partial charge in [-0.15, -0.1) is 11.3 Å². The molecule has 0 saturated carbocycles. The Hall–Kier alpha value is -2.72. The lowest BCUT2D eigenvalue weighted by atomic mass is 10.2. The fourth-order valence-electron chi connectivity index (χ4n) is 3.10. The Kier molecular flexibility index (Phi) is 6.67. The van der Waals surface area contributed by atoms with E-state index in [0.717, 1.165) is 4.88 Å². The normalized spacial score (nSPS) is 14.8. The van der Waals surface area contributed by atoms with Crippen LogP contribution in [0.15, 0.2) is 70.9 Å². The Morgan fingerprint density at radius 3 is 2.52 bits per heavy atom. The second-order valence-corrected chi connectivity index (χ2v) is 10.2. The summed E-state index contributed by atoms with van der Waals surface area (Å²) in [6.07, 6.45) is 0. The molecule has 1 aliphatic heterocycles. The fraction of sp³-hybridized carbons (Fsp3) is 0.227. The lowest BCUT2D eigenvalue weighted by molar-refractivity contribution is 0.0731. The number of thiophene rings is 1. The number of hydrogen-bond acceptors (Lipinski definition) is 6. The number of nitrogens with zero attached hydrogens (tertiary/aromatic N) is 1. The number of ether oxygens (including phenoxy) is 2. The van der Waals surface area contributed by atoms with Crippen molar-refractivity contribution in [1.82, 2.24) is 9.62 Å². The highest BCUT2D eigenvalue weighted by atomic mass is 32.2. The fourth-order valence-corrected chi connectivity index (χ4v) is 5.96. The number of carbonyl (C=O) groups is 1. The average Bonchev–Trinajstić information content (AvgIpc) is 3.29. The van der Waals surface area contributed by atoms with Gasteiger partial charge in [0.05, 0.1) is 19.8 Å². The van der Waals surface area contributed by atoms with Crippen molar-refractivity contribution >= 4 is 27.3 Å². The molecule has 1 aliphatic rings. The van der Waals surface area contributed by atoms with E-state index in [1.807, 2.05) is 30.3 Å². The van der Waals surface area contributed by atoms with Crippen LogP contribution in [-0.4, -0.2) is 44.9 Å². The molecule has 9 heteroatoms. The number of hydrogen-bond donors (Lipinski definition) is 1. The maximum Gasteiger partial charge on any atom is 0.252 e. The zero-order valence-electron chi connectivity index (χ0n) is 16.7. The summed E-state index contributed by atoms with van der Waals surface area (Å²) >= 11 is 1.17. The Labute approximate surface area is 185 Å². The van der Waals surface area contributed by atoms with Crippen LogP contribution in [0.4, 0.5) is 0 Å². The number of amides is 1. The van der Waals surface area contributed by atoms with Gasteiger partial charge in [0.25, 0.3) is 15.9 Å². The van der Waals surface area contributed by atoms with Crippen LogP contribution in [0.1, 0.15) is 15.2 Å². The van der Waals surface area contributed by atoms with Crippen molar-refractivity contribution in [3.63, 3.8) is 0 Å². The lowest BCUT2D eigenvalue weighted by Gasteiger charge is -2.25. The Morgan fingerprint density at radius 1 is 1.00 bits per heavy atom. The minimum atomic E-state index is -3.52. The molecule has 0 aliphatic carbocycles. The Bertz CT molecular complexity index is 1140. The largest absolute Gasteiger partial charge is 0.457 e. The number of rotatable bonds is 7. The summed E-state index contributed by atoms with van der Waals surface area (Å²) in [5, 5.41) is 2.84. The number of para-hydroxylation sites is 1. The van der Waals surface area contributed by atoms with Crippen molar-refractivity contribution in [2.45, 2.75) is 10.8 Å². The molecule has 4 rings (SSSR count). The first kappa shape index (κ1) is 21.5. The van der Waals surface area contributed by atoms with Gasteiger partial charge < -0.3 is 14.8 Å². The molecule has 162 valence electrons. The first-order valence-corrected chi connectivity index (χ1v) is 12.1. The quantitative estimate of drug-likeness (QED) is 0.586. The molecular weight excluding hydrogens is 436 g/mol. The van der Waals surface area contributed by atoms with Crippen LogP contribution in [-0.2, 0) is 21.3 Å². The Balaban J connectivity index is 1.38. The second-order valence-electron chi connectivity index (χ2n) is 6.86. The van der Waals surface area contributed by atoms with Crippen LogP contribution in [0.3, 0.4) is 0 Å². The van der Waals surface area contributed by atoms with E-state index < -0.39 is 10.0 Å². The van der Waals surface area contributed by atoms with Gasteiger partial charge in [0, 0.05) is 23.5 Å². The van der Waals surface area contributed by atoms with E-state index in [1.165, 1.54) is 15.6 Å². The lowest BCUT2D eigenvalue weighted by Crippen LogP contribution is -2.40. The van der Waals surface area contributed by atoms with Crippen LogP contribution in [0, 0.1) is 0 Å². The van der Waals surface area contributed by atoms with Gasteiger partial charge in [0.15, 0.2) is 0 Å². The molecule has 31 heavy (non-hydrogen) atoms. The van der Waals surface area contributed by atoms with E-state index in [4.69, 9.17) is 9.47 Å². The van der Waals surface area contributed by atoms with Crippen molar-refractivity contribution in [2.75, 3.05) is 26.3 Å². The van der Waals surface area contributed by atoms with E-state index >= 15 is 0 Å². The molecule has 2 heterocycles. The predicted octanol–water partition coefficient (Wildman–Crippen LogP) is 3.49. The molecule has 0 bridgehead atoms. The van der Waals surface area contributed by atoms with Gasteiger partial charge >= 0.3 is 0 Å². The predicted molar refractivity (Wildman–Crippen MR) is 118 cm³/mol. The number of sulfonamides is 1. The van der Waals surface area contributed by atoms with Gasteiger partial charge in [-0.2, -0.15) is 4.31 Å². The standard InChI is InChI=1S/C22H22N2O5S2/c25-22(17-5-4-8-19(15-17)29-18-6-2-1-3-7-18)23-16-20-9-10-21(30-20)31(26,27)24-11-13-28-14-12-24/h1-10,15H,11-14,16H2,(H,23,25). The summed E-state index contributed by atoms with van der Waals surface area (Å²) < 4.78 is 38.2. The minimum absolute atomic E-state index is 0.242. The molecule has 1 amide bonds. The van der Waals surface area contributed by atoms with Crippen molar-refractivity contribution in [3.05, 3.63) is 77.2 Å². The molecule has 1 aromatic heterocycles. The van der Waals surface area contributed by atoms with Gasteiger partial charge in [-0.1, -0.05) is 24.3 Å². The number of nitrogens with one attached hydrogen (secondary N) is 1. The van der Waals surface area contributed by atoms with Crippen molar-refractivity contribution in [1.29, 1.82) is 0 Å². The van der Waals surface area contributed by atoms with Crippen LogP contribution < -0.4 is 10.1 Å². The third-order valence-corrected chi connectivity index (χ3v) is 8.15. The summed E-state index contributed by atoms with van der Waals surface area (Å²) in [6.45, 7) is 1.76. The second kappa shape index (κ2) is 9.61. The molecular formula is C22H22N2O5S2. The van der Waals surface area contributed by atoms with Gasteiger partial charge in [0.1, 0.15) is 15.7 Å². The highest BCUT2D eigenvalue weighted by Crippen LogP contribution is 2.26. The maximum atomic E-state index is 12.7. The van der Waals surface area contributed by atoms with Crippen molar-refractivity contribution < 1.29 is 22.7 Å². The number of carbonyl (C=O) groups excluding carboxylic acids is 1. The van der Waals surface area contributed by atoms with Crippen LogP contribution in [0.2, 0.25) is 0 Å². The summed E-state index contributed by atoms with van der Waals surface area (Å²) in [5.41, 5.74) is 0.464. The molecule has 0 radical (unpaired) electrons. The Morgan fingerprint density at radius 2 is 1.74 bits per heavy atom. The summed E-state index contributed by atoms with van der Waals surface area (Å²) in [7, 11) is -3.52. The molecule has 0 spiro atoms.